The molecule has 3 aliphatic rings. The summed E-state index contributed by atoms with van der Waals surface area (Å²) in [6.45, 7) is 5.34. The van der Waals surface area contributed by atoms with Gasteiger partial charge in [-0.15, -0.1) is 0 Å². The number of carbonyl (C=O) groups is 1. The number of likely N-dealkylation sites (tertiary alicyclic amines) is 1. The molecule has 0 aromatic heterocycles. The zero-order valence-corrected chi connectivity index (χ0v) is 14.4. The van der Waals surface area contributed by atoms with E-state index in [1.54, 1.807) is 0 Å². The lowest BCUT2D eigenvalue weighted by atomic mass is 9.99. The summed E-state index contributed by atoms with van der Waals surface area (Å²) in [5.41, 5.74) is 0. The summed E-state index contributed by atoms with van der Waals surface area (Å²) in [4.78, 5) is 16.9. The molecule has 2 saturated heterocycles. The molecule has 6 heteroatoms. The van der Waals surface area contributed by atoms with E-state index in [1.165, 1.54) is 0 Å². The minimum atomic E-state index is -2.99. The highest BCUT2D eigenvalue weighted by Gasteiger charge is 2.41. The first kappa shape index (κ1) is 16.2. The van der Waals surface area contributed by atoms with Crippen molar-refractivity contribution in [2.24, 2.45) is 11.8 Å². The molecule has 22 heavy (non-hydrogen) atoms. The fourth-order valence-electron chi connectivity index (χ4n) is 3.74. The summed E-state index contributed by atoms with van der Waals surface area (Å²) < 4.78 is 24.1. The van der Waals surface area contributed by atoms with Gasteiger partial charge in [-0.25, -0.2) is 8.42 Å². The van der Waals surface area contributed by atoms with Crippen LogP contribution in [0.2, 0.25) is 0 Å². The molecule has 3 rings (SSSR count). The molecule has 5 nitrogen and oxygen atoms in total. The minimum absolute atomic E-state index is 0.0660. The van der Waals surface area contributed by atoms with E-state index >= 15 is 0 Å². The maximum absolute atomic E-state index is 12.7. The Morgan fingerprint density at radius 1 is 1.09 bits per heavy atom. The summed E-state index contributed by atoms with van der Waals surface area (Å²) in [6, 6.07) is -0.0660. The number of carbonyl (C=O) groups excluding carboxylic acids is 1. The molecule has 3 fully saturated rings. The topological polar surface area (TPSA) is 57.7 Å². The van der Waals surface area contributed by atoms with E-state index in [-0.39, 0.29) is 23.5 Å². The second-order valence-corrected chi connectivity index (χ2v) is 9.65. The second-order valence-electron chi connectivity index (χ2n) is 7.42. The molecule has 0 N–H and O–H groups in total. The average molecular weight is 328 g/mol. The van der Waals surface area contributed by atoms with Gasteiger partial charge in [-0.2, -0.15) is 0 Å². The molecule has 0 spiro atoms. The minimum Gasteiger partial charge on any atom is -0.337 e. The molecule has 1 saturated carbocycles. The number of nitrogens with zero attached hydrogens (tertiary/aromatic N) is 2. The van der Waals surface area contributed by atoms with Gasteiger partial charge in [0.15, 0.2) is 9.84 Å². The molecule has 1 atom stereocenters. The van der Waals surface area contributed by atoms with Crippen LogP contribution in [0.3, 0.4) is 0 Å². The van der Waals surface area contributed by atoms with Crippen LogP contribution < -0.4 is 0 Å². The van der Waals surface area contributed by atoms with Crippen LogP contribution in [0.15, 0.2) is 0 Å². The molecule has 2 heterocycles. The Balaban J connectivity index is 1.64. The van der Waals surface area contributed by atoms with E-state index in [9.17, 15) is 13.2 Å². The van der Waals surface area contributed by atoms with Crippen LogP contribution in [-0.2, 0) is 14.6 Å². The molecule has 0 bridgehead atoms. The maximum atomic E-state index is 12.7. The van der Waals surface area contributed by atoms with Crippen LogP contribution in [0.25, 0.3) is 0 Å². The zero-order chi connectivity index (χ0) is 15.7. The van der Waals surface area contributed by atoms with Crippen molar-refractivity contribution in [1.29, 1.82) is 0 Å². The molecular weight excluding hydrogens is 300 g/mol. The van der Waals surface area contributed by atoms with E-state index < -0.39 is 9.84 Å². The number of rotatable bonds is 3. The molecular formula is C16H28N2O3S. The van der Waals surface area contributed by atoms with Gasteiger partial charge < -0.3 is 4.90 Å². The lowest BCUT2D eigenvalue weighted by Crippen LogP contribution is -2.49. The summed E-state index contributed by atoms with van der Waals surface area (Å²) in [6.07, 6.45) is 5.06. The van der Waals surface area contributed by atoms with Crippen molar-refractivity contribution >= 4 is 15.7 Å². The van der Waals surface area contributed by atoms with Gasteiger partial charge in [-0.3, -0.25) is 9.69 Å². The Labute approximate surface area is 134 Å². The monoisotopic (exact) mass is 328 g/mol. The molecule has 1 aliphatic carbocycles. The van der Waals surface area contributed by atoms with Gasteiger partial charge in [0.25, 0.3) is 0 Å². The van der Waals surface area contributed by atoms with Crippen molar-refractivity contribution in [2.75, 3.05) is 37.7 Å². The van der Waals surface area contributed by atoms with Crippen LogP contribution in [0.5, 0.6) is 0 Å². The second kappa shape index (κ2) is 6.48. The Bertz CT molecular complexity index is 507. The Hall–Kier alpha value is -0.620. The molecule has 0 aromatic carbocycles. The highest BCUT2D eigenvalue weighted by Crippen LogP contribution is 2.37. The standard InChI is InChI=1S/C16H28N2O3S/c1-13-5-8-17(9-6-13)11-16(19)18-7-2-10-22(20,21)12-15(18)14-3-4-14/h13-15H,2-12H2,1H3. The predicted molar refractivity (Wildman–Crippen MR) is 86.3 cm³/mol. The third-order valence-electron chi connectivity index (χ3n) is 5.40. The highest BCUT2D eigenvalue weighted by atomic mass is 32.2. The zero-order valence-electron chi connectivity index (χ0n) is 13.5. The third-order valence-corrected chi connectivity index (χ3v) is 7.16. The number of hydrogen-bond donors (Lipinski definition) is 0. The first-order chi connectivity index (χ1) is 10.4. The van der Waals surface area contributed by atoms with E-state index in [4.69, 9.17) is 0 Å². The first-order valence-corrected chi connectivity index (χ1v) is 10.5. The van der Waals surface area contributed by atoms with Crippen LogP contribution in [-0.4, -0.2) is 67.9 Å². The molecule has 2 aliphatic heterocycles. The summed E-state index contributed by atoms with van der Waals surface area (Å²) in [5.74, 6) is 1.73. The normalized spacial score (nSPS) is 31.0. The lowest BCUT2D eigenvalue weighted by Gasteiger charge is -2.34. The van der Waals surface area contributed by atoms with E-state index in [2.05, 4.69) is 11.8 Å². The molecule has 1 amide bonds. The van der Waals surface area contributed by atoms with E-state index in [0.29, 0.717) is 25.4 Å². The van der Waals surface area contributed by atoms with Gasteiger partial charge in [0.2, 0.25) is 5.91 Å². The van der Waals surface area contributed by atoms with E-state index in [0.717, 1.165) is 44.7 Å². The van der Waals surface area contributed by atoms with Crippen molar-refractivity contribution in [3.05, 3.63) is 0 Å². The lowest BCUT2D eigenvalue weighted by molar-refractivity contribution is -0.135. The molecule has 1 unspecified atom stereocenters. The fraction of sp³-hybridized carbons (Fsp3) is 0.938. The number of piperidine rings is 1. The van der Waals surface area contributed by atoms with Crippen molar-refractivity contribution in [1.82, 2.24) is 9.80 Å². The van der Waals surface area contributed by atoms with Gasteiger partial charge in [0.1, 0.15) is 0 Å². The maximum Gasteiger partial charge on any atom is 0.237 e. The summed E-state index contributed by atoms with van der Waals surface area (Å²) >= 11 is 0. The number of hydrogen-bond acceptors (Lipinski definition) is 4. The number of sulfone groups is 1. The molecule has 126 valence electrons. The third kappa shape index (κ3) is 4.02. The largest absolute Gasteiger partial charge is 0.337 e. The van der Waals surface area contributed by atoms with Crippen LogP contribution >= 0.6 is 0 Å². The van der Waals surface area contributed by atoms with Crippen molar-refractivity contribution in [3.8, 4) is 0 Å². The van der Waals surface area contributed by atoms with Gasteiger partial charge >= 0.3 is 0 Å². The smallest absolute Gasteiger partial charge is 0.237 e. The molecule has 0 radical (unpaired) electrons. The van der Waals surface area contributed by atoms with Gasteiger partial charge in [0, 0.05) is 12.6 Å². The van der Waals surface area contributed by atoms with Gasteiger partial charge in [0.05, 0.1) is 18.1 Å². The predicted octanol–water partition coefficient (Wildman–Crippen LogP) is 1.14. The Kier molecular flexibility index (Phi) is 4.78. The summed E-state index contributed by atoms with van der Waals surface area (Å²) in [5, 5.41) is 0. The SMILES string of the molecule is CC1CCN(CC(=O)N2CCCS(=O)(=O)CC2C2CC2)CC1. The van der Waals surface area contributed by atoms with Gasteiger partial charge in [-0.05, 0) is 57.0 Å². The number of amides is 1. The van der Waals surface area contributed by atoms with Gasteiger partial charge in [-0.1, -0.05) is 6.92 Å². The summed E-state index contributed by atoms with van der Waals surface area (Å²) in [7, 11) is -2.99. The van der Waals surface area contributed by atoms with Crippen LogP contribution in [0, 0.1) is 11.8 Å². The van der Waals surface area contributed by atoms with E-state index in [1.807, 2.05) is 4.90 Å². The molecule has 0 aromatic rings. The Morgan fingerprint density at radius 2 is 1.77 bits per heavy atom. The van der Waals surface area contributed by atoms with Crippen LogP contribution in [0.1, 0.15) is 39.0 Å². The highest BCUT2D eigenvalue weighted by molar-refractivity contribution is 7.91. The van der Waals surface area contributed by atoms with Crippen molar-refractivity contribution in [3.63, 3.8) is 0 Å². The Morgan fingerprint density at radius 3 is 2.41 bits per heavy atom. The quantitative estimate of drug-likeness (QED) is 0.780. The van der Waals surface area contributed by atoms with Crippen molar-refractivity contribution < 1.29 is 13.2 Å². The van der Waals surface area contributed by atoms with Crippen molar-refractivity contribution in [2.45, 2.75) is 45.1 Å². The average Bonchev–Trinajstić information content (AvgIpc) is 3.28. The fourth-order valence-corrected chi connectivity index (χ4v) is 5.45. The van der Waals surface area contributed by atoms with Crippen LogP contribution in [0.4, 0.5) is 0 Å². The first-order valence-electron chi connectivity index (χ1n) is 8.67.